The van der Waals surface area contributed by atoms with E-state index in [1.54, 1.807) is 7.05 Å². The molecule has 1 aromatic rings. The molecule has 0 aromatic carbocycles. The molecule has 0 unspecified atom stereocenters. The van der Waals surface area contributed by atoms with E-state index in [2.05, 4.69) is 29.9 Å². The molecular weight excluding hydrogens is 148 g/mol. The first-order valence-electron chi connectivity index (χ1n) is 4.11. The standard InChI is InChI=1S/C10H14N2/c1-8(2)10-4-9(5-11-3)6-12-7-10/h4-8H,1-3H3/b11-5+. The molecule has 0 saturated carbocycles. The summed E-state index contributed by atoms with van der Waals surface area (Å²) in [4.78, 5) is 8.07. The van der Waals surface area contributed by atoms with Crippen molar-refractivity contribution in [2.75, 3.05) is 7.05 Å². The van der Waals surface area contributed by atoms with E-state index < -0.39 is 0 Å². The lowest BCUT2D eigenvalue weighted by Crippen LogP contribution is -1.91. The summed E-state index contributed by atoms with van der Waals surface area (Å²) in [5, 5.41) is 0. The molecule has 0 N–H and O–H groups in total. The molecule has 0 saturated heterocycles. The molecule has 1 heterocycles. The number of pyridine rings is 1. The van der Waals surface area contributed by atoms with Crippen LogP contribution < -0.4 is 0 Å². The van der Waals surface area contributed by atoms with Gasteiger partial charge in [0.05, 0.1) is 0 Å². The van der Waals surface area contributed by atoms with Gasteiger partial charge < -0.3 is 0 Å². The van der Waals surface area contributed by atoms with Crippen molar-refractivity contribution in [3.63, 3.8) is 0 Å². The second kappa shape index (κ2) is 4.00. The lowest BCUT2D eigenvalue weighted by Gasteiger charge is -2.03. The highest BCUT2D eigenvalue weighted by atomic mass is 14.7. The van der Waals surface area contributed by atoms with Gasteiger partial charge in [-0.3, -0.25) is 9.98 Å². The maximum Gasteiger partial charge on any atom is 0.0355 e. The zero-order chi connectivity index (χ0) is 8.97. The van der Waals surface area contributed by atoms with Gasteiger partial charge in [-0.2, -0.15) is 0 Å². The topological polar surface area (TPSA) is 25.2 Å². The van der Waals surface area contributed by atoms with Gasteiger partial charge in [0.25, 0.3) is 0 Å². The molecule has 0 atom stereocenters. The largest absolute Gasteiger partial charge is 0.296 e. The predicted molar refractivity (Wildman–Crippen MR) is 51.8 cm³/mol. The van der Waals surface area contributed by atoms with E-state index in [0.29, 0.717) is 5.92 Å². The molecule has 0 aliphatic rings. The third-order valence-electron chi connectivity index (χ3n) is 1.73. The molecule has 0 radical (unpaired) electrons. The minimum atomic E-state index is 0.530. The van der Waals surface area contributed by atoms with E-state index in [4.69, 9.17) is 0 Å². The highest BCUT2D eigenvalue weighted by Crippen LogP contribution is 2.12. The second-order valence-electron chi connectivity index (χ2n) is 3.09. The normalized spacial score (nSPS) is 11.3. The van der Waals surface area contributed by atoms with Crippen molar-refractivity contribution in [3.8, 4) is 0 Å². The number of rotatable bonds is 2. The van der Waals surface area contributed by atoms with Crippen molar-refractivity contribution in [1.82, 2.24) is 4.98 Å². The summed E-state index contributed by atoms with van der Waals surface area (Å²) in [7, 11) is 1.77. The lowest BCUT2D eigenvalue weighted by molar-refractivity contribution is 0.858. The van der Waals surface area contributed by atoms with Crippen LogP contribution in [0.5, 0.6) is 0 Å². The number of hydrogen-bond acceptors (Lipinski definition) is 2. The Morgan fingerprint density at radius 1 is 1.42 bits per heavy atom. The Bertz CT molecular complexity index is 277. The van der Waals surface area contributed by atoms with Crippen molar-refractivity contribution in [2.24, 2.45) is 4.99 Å². The van der Waals surface area contributed by atoms with Gasteiger partial charge >= 0.3 is 0 Å². The average Bonchev–Trinajstić information content (AvgIpc) is 2.05. The van der Waals surface area contributed by atoms with Gasteiger partial charge in [-0.1, -0.05) is 13.8 Å². The molecule has 0 spiro atoms. The summed E-state index contributed by atoms with van der Waals surface area (Å²) in [6.07, 6.45) is 5.54. The van der Waals surface area contributed by atoms with Crippen molar-refractivity contribution in [1.29, 1.82) is 0 Å². The summed E-state index contributed by atoms with van der Waals surface area (Å²) < 4.78 is 0. The summed E-state index contributed by atoms with van der Waals surface area (Å²) in [5.74, 6) is 0.530. The number of aromatic nitrogens is 1. The van der Waals surface area contributed by atoms with Gasteiger partial charge in [-0.25, -0.2) is 0 Å². The highest BCUT2D eigenvalue weighted by molar-refractivity contribution is 5.79. The molecule has 12 heavy (non-hydrogen) atoms. The zero-order valence-corrected chi connectivity index (χ0v) is 7.78. The zero-order valence-electron chi connectivity index (χ0n) is 7.78. The Morgan fingerprint density at radius 2 is 2.17 bits per heavy atom. The molecule has 1 aromatic heterocycles. The Balaban J connectivity index is 2.95. The maximum atomic E-state index is 4.13. The smallest absolute Gasteiger partial charge is 0.0355 e. The van der Waals surface area contributed by atoms with Crippen LogP contribution in [0.3, 0.4) is 0 Å². The van der Waals surface area contributed by atoms with Crippen molar-refractivity contribution in [2.45, 2.75) is 19.8 Å². The van der Waals surface area contributed by atoms with Crippen LogP contribution in [0.2, 0.25) is 0 Å². The highest BCUT2D eigenvalue weighted by Gasteiger charge is 1.98. The summed E-state index contributed by atoms with van der Waals surface area (Å²) in [6.45, 7) is 4.31. The fraction of sp³-hybridized carbons (Fsp3) is 0.400. The van der Waals surface area contributed by atoms with Crippen LogP contribution in [-0.2, 0) is 0 Å². The molecule has 0 fully saturated rings. The Labute approximate surface area is 73.4 Å². The third kappa shape index (κ3) is 2.16. The van der Waals surface area contributed by atoms with E-state index in [9.17, 15) is 0 Å². The van der Waals surface area contributed by atoms with Crippen LogP contribution in [0, 0.1) is 0 Å². The third-order valence-corrected chi connectivity index (χ3v) is 1.73. The summed E-state index contributed by atoms with van der Waals surface area (Å²) >= 11 is 0. The van der Waals surface area contributed by atoms with E-state index in [0.717, 1.165) is 5.56 Å². The lowest BCUT2D eigenvalue weighted by atomic mass is 10.0. The minimum Gasteiger partial charge on any atom is -0.296 e. The number of nitrogens with zero attached hydrogens (tertiary/aromatic N) is 2. The van der Waals surface area contributed by atoms with Crippen LogP contribution in [0.1, 0.15) is 30.9 Å². The average molecular weight is 162 g/mol. The quantitative estimate of drug-likeness (QED) is 0.612. The molecule has 0 aliphatic heterocycles. The SMILES string of the molecule is C/N=C/c1cncc(C(C)C)c1. The van der Waals surface area contributed by atoms with Crippen molar-refractivity contribution >= 4 is 6.21 Å². The van der Waals surface area contributed by atoms with Crippen LogP contribution in [0.15, 0.2) is 23.5 Å². The van der Waals surface area contributed by atoms with E-state index in [1.807, 2.05) is 18.6 Å². The van der Waals surface area contributed by atoms with Crippen LogP contribution in [0.25, 0.3) is 0 Å². The molecule has 0 bridgehead atoms. The van der Waals surface area contributed by atoms with E-state index >= 15 is 0 Å². The fourth-order valence-corrected chi connectivity index (χ4v) is 1.01. The Hall–Kier alpha value is -1.18. The van der Waals surface area contributed by atoms with Gasteiger partial charge in [-0.05, 0) is 17.5 Å². The molecule has 64 valence electrons. The van der Waals surface area contributed by atoms with Crippen LogP contribution >= 0.6 is 0 Å². The minimum absolute atomic E-state index is 0.530. The number of hydrogen-bond donors (Lipinski definition) is 0. The molecule has 0 amide bonds. The molecule has 2 heteroatoms. The van der Waals surface area contributed by atoms with Crippen LogP contribution in [0.4, 0.5) is 0 Å². The van der Waals surface area contributed by atoms with Gasteiger partial charge in [0, 0.05) is 31.2 Å². The van der Waals surface area contributed by atoms with E-state index in [1.165, 1.54) is 5.56 Å². The first kappa shape index (κ1) is 8.91. The second-order valence-corrected chi connectivity index (χ2v) is 3.09. The van der Waals surface area contributed by atoms with Gasteiger partial charge in [0.1, 0.15) is 0 Å². The van der Waals surface area contributed by atoms with Crippen molar-refractivity contribution < 1.29 is 0 Å². The fourth-order valence-electron chi connectivity index (χ4n) is 1.01. The van der Waals surface area contributed by atoms with Crippen molar-refractivity contribution in [3.05, 3.63) is 29.6 Å². The van der Waals surface area contributed by atoms with E-state index in [-0.39, 0.29) is 0 Å². The van der Waals surface area contributed by atoms with Crippen LogP contribution in [-0.4, -0.2) is 18.2 Å². The molecule has 1 rings (SSSR count). The first-order chi connectivity index (χ1) is 5.74. The molecule has 0 aliphatic carbocycles. The Kier molecular flexibility index (Phi) is 2.97. The van der Waals surface area contributed by atoms with Gasteiger partial charge in [0.2, 0.25) is 0 Å². The Morgan fingerprint density at radius 3 is 2.75 bits per heavy atom. The maximum absolute atomic E-state index is 4.13. The summed E-state index contributed by atoms with van der Waals surface area (Å²) in [6, 6.07) is 2.12. The monoisotopic (exact) mass is 162 g/mol. The first-order valence-corrected chi connectivity index (χ1v) is 4.11. The van der Waals surface area contributed by atoms with Gasteiger partial charge in [0.15, 0.2) is 0 Å². The molecule has 2 nitrogen and oxygen atoms in total. The predicted octanol–water partition coefficient (Wildman–Crippen LogP) is 2.25. The molecular formula is C10H14N2. The van der Waals surface area contributed by atoms with Gasteiger partial charge in [-0.15, -0.1) is 0 Å². The summed E-state index contributed by atoms with van der Waals surface area (Å²) in [5.41, 5.74) is 2.33. The number of aliphatic imine (C=N–C) groups is 1.